The summed E-state index contributed by atoms with van der Waals surface area (Å²) in [5.74, 6) is 0.727. The summed E-state index contributed by atoms with van der Waals surface area (Å²) in [4.78, 5) is 45.2. The van der Waals surface area contributed by atoms with E-state index in [9.17, 15) is 14.4 Å². The van der Waals surface area contributed by atoms with Gasteiger partial charge in [-0.05, 0) is 26.5 Å². The number of carbonyl (C=O) groups excluding carboxylic acids is 1. The number of aromatic amines is 1. The lowest BCUT2D eigenvalue weighted by Gasteiger charge is -2.33. The topological polar surface area (TPSA) is 109 Å². The van der Waals surface area contributed by atoms with Gasteiger partial charge in [-0.1, -0.05) is 6.92 Å². The van der Waals surface area contributed by atoms with Crippen LogP contribution in [0.1, 0.15) is 27.2 Å². The minimum atomic E-state index is -0.555. The fourth-order valence-corrected chi connectivity index (χ4v) is 3.98. The summed E-state index contributed by atoms with van der Waals surface area (Å²) in [5.41, 5.74) is -0.638. The van der Waals surface area contributed by atoms with E-state index in [1.165, 1.54) is 0 Å². The molecule has 1 aromatic heterocycles. The Kier molecular flexibility index (Phi) is 8.90. The van der Waals surface area contributed by atoms with E-state index in [1.54, 1.807) is 12.1 Å². The standard InChI is InChI=1S/C23H35N5O5/c1-4-26-11-13-27(14-12-26)10-8-24-21(29)7-9-28-22(30)17-15-19(32-5-2)20(33-6-3)16-18(17)25-23(28)31/h15-16H,4-14H2,1-3H3,(H,24,29)(H,25,31). The highest BCUT2D eigenvalue weighted by Crippen LogP contribution is 2.30. The Balaban J connectivity index is 1.61. The highest BCUT2D eigenvalue weighted by Gasteiger charge is 2.16. The van der Waals surface area contributed by atoms with Crippen molar-refractivity contribution in [1.29, 1.82) is 0 Å². The molecule has 0 saturated carbocycles. The molecule has 0 atom stereocenters. The number of nitrogens with zero attached hydrogens (tertiary/aromatic N) is 3. The van der Waals surface area contributed by atoms with Gasteiger partial charge in [0.15, 0.2) is 11.5 Å². The Hall–Kier alpha value is -2.85. The molecule has 2 N–H and O–H groups in total. The van der Waals surface area contributed by atoms with Crippen molar-refractivity contribution in [2.45, 2.75) is 33.7 Å². The second kappa shape index (κ2) is 11.9. The molecule has 1 amide bonds. The van der Waals surface area contributed by atoms with Crippen LogP contribution in [0.2, 0.25) is 0 Å². The van der Waals surface area contributed by atoms with Crippen LogP contribution in [-0.2, 0) is 11.3 Å². The maximum atomic E-state index is 13.0. The zero-order chi connectivity index (χ0) is 23.8. The SMILES string of the molecule is CCOc1cc2[nH]c(=O)n(CCC(=O)NCCN3CCN(CC)CC3)c(=O)c2cc1OCC. The van der Waals surface area contributed by atoms with Gasteiger partial charge >= 0.3 is 5.69 Å². The van der Waals surface area contributed by atoms with Crippen molar-refractivity contribution in [1.82, 2.24) is 24.7 Å². The molecule has 0 radical (unpaired) electrons. The number of fused-ring (bicyclic) bond motifs is 1. The maximum Gasteiger partial charge on any atom is 0.328 e. The number of carbonyl (C=O) groups is 1. The summed E-state index contributed by atoms with van der Waals surface area (Å²) < 4.78 is 12.2. The molecule has 10 heteroatoms. The first kappa shape index (κ1) is 24.8. The molecule has 1 fully saturated rings. The van der Waals surface area contributed by atoms with Crippen LogP contribution in [0.3, 0.4) is 0 Å². The number of H-pyrrole nitrogens is 1. The monoisotopic (exact) mass is 461 g/mol. The van der Waals surface area contributed by atoms with Gasteiger partial charge < -0.3 is 24.7 Å². The summed E-state index contributed by atoms with van der Waals surface area (Å²) in [6.45, 7) is 13.2. The van der Waals surface area contributed by atoms with Crippen LogP contribution >= 0.6 is 0 Å². The second-order valence-corrected chi connectivity index (χ2v) is 7.97. The quantitative estimate of drug-likeness (QED) is 0.505. The first-order chi connectivity index (χ1) is 16.0. The molecule has 10 nitrogen and oxygen atoms in total. The predicted octanol–water partition coefficient (Wildman–Crippen LogP) is 0.631. The van der Waals surface area contributed by atoms with Crippen molar-refractivity contribution in [3.05, 3.63) is 33.0 Å². The van der Waals surface area contributed by atoms with Crippen molar-refractivity contribution in [2.24, 2.45) is 0 Å². The van der Waals surface area contributed by atoms with E-state index in [0.29, 0.717) is 42.2 Å². The van der Waals surface area contributed by atoms with E-state index in [1.807, 2.05) is 13.8 Å². The Labute approximate surface area is 193 Å². The van der Waals surface area contributed by atoms with Crippen LogP contribution in [0.25, 0.3) is 10.9 Å². The van der Waals surface area contributed by atoms with Gasteiger partial charge in [-0.15, -0.1) is 0 Å². The number of hydrogen-bond acceptors (Lipinski definition) is 7. The van der Waals surface area contributed by atoms with E-state index < -0.39 is 11.2 Å². The maximum absolute atomic E-state index is 13.0. The number of benzene rings is 1. The third kappa shape index (κ3) is 6.35. The van der Waals surface area contributed by atoms with Gasteiger partial charge in [0.05, 0.1) is 24.1 Å². The summed E-state index contributed by atoms with van der Waals surface area (Å²) >= 11 is 0. The molecule has 0 spiro atoms. The molecular formula is C23H35N5O5. The van der Waals surface area contributed by atoms with Crippen LogP contribution < -0.4 is 26.0 Å². The first-order valence-corrected chi connectivity index (χ1v) is 11.7. The van der Waals surface area contributed by atoms with E-state index in [-0.39, 0.29) is 18.9 Å². The van der Waals surface area contributed by atoms with E-state index in [0.717, 1.165) is 43.8 Å². The van der Waals surface area contributed by atoms with Gasteiger partial charge in [0, 0.05) is 58.3 Å². The highest BCUT2D eigenvalue weighted by atomic mass is 16.5. The number of hydrogen-bond donors (Lipinski definition) is 2. The molecular weight excluding hydrogens is 426 g/mol. The summed E-state index contributed by atoms with van der Waals surface area (Å²) in [6.07, 6.45) is 0.0491. The van der Waals surface area contributed by atoms with Gasteiger partial charge in [0.1, 0.15) is 0 Å². The van der Waals surface area contributed by atoms with Gasteiger partial charge in [-0.2, -0.15) is 0 Å². The van der Waals surface area contributed by atoms with Gasteiger partial charge in [-0.25, -0.2) is 4.79 Å². The van der Waals surface area contributed by atoms with Crippen molar-refractivity contribution in [3.8, 4) is 11.5 Å². The van der Waals surface area contributed by atoms with Crippen LogP contribution in [0, 0.1) is 0 Å². The fourth-order valence-electron chi connectivity index (χ4n) is 3.98. The third-order valence-electron chi connectivity index (χ3n) is 5.87. The third-order valence-corrected chi connectivity index (χ3v) is 5.87. The van der Waals surface area contributed by atoms with Crippen molar-refractivity contribution >= 4 is 16.8 Å². The van der Waals surface area contributed by atoms with Gasteiger partial charge in [0.2, 0.25) is 5.91 Å². The minimum absolute atomic E-state index is 0.00228. The van der Waals surface area contributed by atoms with Gasteiger partial charge in [0.25, 0.3) is 5.56 Å². The van der Waals surface area contributed by atoms with Crippen LogP contribution in [-0.4, -0.2) is 84.3 Å². The van der Waals surface area contributed by atoms with Crippen molar-refractivity contribution in [2.75, 3.05) is 59.0 Å². The Morgan fingerprint density at radius 1 is 0.970 bits per heavy atom. The Morgan fingerprint density at radius 3 is 2.24 bits per heavy atom. The molecule has 0 aliphatic carbocycles. The molecule has 1 aromatic carbocycles. The van der Waals surface area contributed by atoms with Crippen LogP contribution in [0.4, 0.5) is 0 Å². The summed E-state index contributed by atoms with van der Waals surface area (Å²) in [5, 5.41) is 3.20. The van der Waals surface area contributed by atoms with E-state index in [4.69, 9.17) is 9.47 Å². The number of ether oxygens (including phenoxy) is 2. The molecule has 2 aromatic rings. The predicted molar refractivity (Wildman–Crippen MR) is 127 cm³/mol. The normalized spacial score (nSPS) is 15.0. The lowest BCUT2D eigenvalue weighted by molar-refractivity contribution is -0.121. The van der Waals surface area contributed by atoms with Crippen molar-refractivity contribution in [3.63, 3.8) is 0 Å². The number of aromatic nitrogens is 2. The number of piperazine rings is 1. The summed E-state index contributed by atoms with van der Waals surface area (Å²) in [7, 11) is 0. The molecule has 33 heavy (non-hydrogen) atoms. The average Bonchev–Trinajstić information content (AvgIpc) is 2.80. The van der Waals surface area contributed by atoms with Crippen LogP contribution in [0.15, 0.2) is 21.7 Å². The fraction of sp³-hybridized carbons (Fsp3) is 0.609. The second-order valence-electron chi connectivity index (χ2n) is 7.97. The lowest BCUT2D eigenvalue weighted by Crippen LogP contribution is -2.48. The molecule has 1 aliphatic heterocycles. The number of amides is 1. The molecule has 182 valence electrons. The molecule has 0 bridgehead atoms. The largest absolute Gasteiger partial charge is 0.490 e. The Bertz CT molecular complexity index is 1060. The molecule has 0 unspecified atom stereocenters. The zero-order valence-corrected chi connectivity index (χ0v) is 19.8. The number of nitrogens with one attached hydrogen (secondary N) is 2. The molecule has 2 heterocycles. The number of rotatable bonds is 11. The van der Waals surface area contributed by atoms with Crippen molar-refractivity contribution < 1.29 is 14.3 Å². The minimum Gasteiger partial charge on any atom is -0.490 e. The molecule has 1 aliphatic rings. The van der Waals surface area contributed by atoms with E-state index in [2.05, 4.69) is 27.0 Å². The smallest absolute Gasteiger partial charge is 0.328 e. The Morgan fingerprint density at radius 2 is 1.61 bits per heavy atom. The molecule has 3 rings (SSSR count). The summed E-state index contributed by atoms with van der Waals surface area (Å²) in [6, 6.07) is 3.18. The first-order valence-electron chi connectivity index (χ1n) is 11.7. The highest BCUT2D eigenvalue weighted by molar-refractivity contribution is 5.81. The van der Waals surface area contributed by atoms with Gasteiger partial charge in [-0.3, -0.25) is 19.1 Å². The van der Waals surface area contributed by atoms with Crippen LogP contribution in [0.5, 0.6) is 11.5 Å². The average molecular weight is 462 g/mol. The zero-order valence-electron chi connectivity index (χ0n) is 19.8. The molecule has 1 saturated heterocycles. The van der Waals surface area contributed by atoms with E-state index >= 15 is 0 Å². The lowest BCUT2D eigenvalue weighted by atomic mass is 10.2. The number of likely N-dealkylation sites (N-methyl/N-ethyl adjacent to an activating group) is 1.